The molecular formula is C15H27IN6. The van der Waals surface area contributed by atoms with E-state index in [0.717, 1.165) is 44.6 Å². The van der Waals surface area contributed by atoms with E-state index < -0.39 is 0 Å². The van der Waals surface area contributed by atoms with Gasteiger partial charge in [0.2, 0.25) is 5.95 Å². The van der Waals surface area contributed by atoms with Crippen LogP contribution in [0.1, 0.15) is 26.2 Å². The van der Waals surface area contributed by atoms with E-state index in [1.54, 1.807) is 12.4 Å². The van der Waals surface area contributed by atoms with Gasteiger partial charge in [-0.2, -0.15) is 0 Å². The highest BCUT2D eigenvalue weighted by Crippen LogP contribution is 2.09. The van der Waals surface area contributed by atoms with Crippen LogP contribution >= 0.6 is 24.0 Å². The van der Waals surface area contributed by atoms with Crippen molar-refractivity contribution in [3.05, 3.63) is 18.5 Å². The van der Waals surface area contributed by atoms with Gasteiger partial charge in [-0.1, -0.05) is 19.8 Å². The molecular weight excluding hydrogens is 391 g/mol. The highest BCUT2D eigenvalue weighted by Gasteiger charge is 2.20. The third kappa shape index (κ3) is 5.58. The molecule has 2 rings (SSSR count). The van der Waals surface area contributed by atoms with E-state index in [0.29, 0.717) is 0 Å². The zero-order chi connectivity index (χ0) is 14.9. The molecule has 124 valence electrons. The van der Waals surface area contributed by atoms with Crippen LogP contribution in [0.4, 0.5) is 5.95 Å². The number of rotatable bonds is 5. The van der Waals surface area contributed by atoms with Gasteiger partial charge >= 0.3 is 0 Å². The van der Waals surface area contributed by atoms with E-state index >= 15 is 0 Å². The molecule has 0 saturated carbocycles. The predicted octanol–water partition coefficient (Wildman–Crippen LogP) is 1.98. The van der Waals surface area contributed by atoms with Gasteiger partial charge in [0.05, 0.1) is 0 Å². The number of anilines is 1. The topological polar surface area (TPSA) is 56.7 Å². The highest BCUT2D eigenvalue weighted by atomic mass is 127. The van der Waals surface area contributed by atoms with Crippen LogP contribution in [-0.2, 0) is 0 Å². The molecule has 1 saturated heterocycles. The van der Waals surface area contributed by atoms with E-state index in [1.807, 2.05) is 13.1 Å². The van der Waals surface area contributed by atoms with E-state index in [1.165, 1.54) is 19.3 Å². The number of hydrogen-bond acceptors (Lipinski definition) is 4. The maximum absolute atomic E-state index is 4.39. The molecule has 7 heteroatoms. The molecule has 0 bridgehead atoms. The average Bonchev–Trinajstić information content (AvgIpc) is 2.56. The zero-order valence-corrected chi connectivity index (χ0v) is 15.9. The van der Waals surface area contributed by atoms with Crippen LogP contribution in [0.15, 0.2) is 23.5 Å². The van der Waals surface area contributed by atoms with Crippen molar-refractivity contribution in [2.75, 3.05) is 44.7 Å². The quantitative estimate of drug-likeness (QED) is 0.343. The largest absolute Gasteiger partial charge is 0.356 e. The first-order chi connectivity index (χ1) is 10.3. The summed E-state index contributed by atoms with van der Waals surface area (Å²) in [6.45, 7) is 6.99. The lowest BCUT2D eigenvalue weighted by molar-refractivity contribution is 0.370. The summed E-state index contributed by atoms with van der Waals surface area (Å²) in [7, 11) is 1.86. The Balaban J connectivity index is 0.00000242. The molecule has 0 spiro atoms. The Morgan fingerprint density at radius 2 is 1.86 bits per heavy atom. The van der Waals surface area contributed by atoms with Gasteiger partial charge < -0.3 is 15.1 Å². The molecule has 0 unspecified atom stereocenters. The molecule has 0 aliphatic carbocycles. The lowest BCUT2D eigenvalue weighted by atomic mass is 10.2. The number of nitrogens with one attached hydrogen (secondary N) is 1. The fourth-order valence-electron chi connectivity index (χ4n) is 2.48. The van der Waals surface area contributed by atoms with Crippen molar-refractivity contribution in [3.63, 3.8) is 0 Å². The second-order valence-electron chi connectivity index (χ2n) is 5.20. The number of nitrogens with zero attached hydrogens (tertiary/aromatic N) is 5. The molecule has 6 nitrogen and oxygen atoms in total. The highest BCUT2D eigenvalue weighted by molar-refractivity contribution is 14.0. The number of aliphatic imine (C=N–C) groups is 1. The summed E-state index contributed by atoms with van der Waals surface area (Å²) in [5.74, 6) is 1.84. The average molecular weight is 418 g/mol. The van der Waals surface area contributed by atoms with Gasteiger partial charge in [0, 0.05) is 52.2 Å². The molecule has 1 aliphatic rings. The number of hydrogen-bond donors (Lipinski definition) is 1. The Kier molecular flexibility index (Phi) is 9.10. The fraction of sp³-hybridized carbons (Fsp3) is 0.667. The Morgan fingerprint density at radius 1 is 1.18 bits per heavy atom. The maximum atomic E-state index is 4.39. The SMILES string of the molecule is CCCCCNC(=NC)N1CCN(c2ncccn2)CC1.I. The van der Waals surface area contributed by atoms with Crippen LogP contribution in [0.25, 0.3) is 0 Å². The molecule has 22 heavy (non-hydrogen) atoms. The standard InChI is InChI=1S/C15H26N6.HI/c1-3-4-5-7-17-14(16-2)20-10-12-21(13-11-20)15-18-8-6-9-19-15;/h6,8-9H,3-5,7,10-13H2,1-2H3,(H,16,17);1H. The van der Waals surface area contributed by atoms with Gasteiger partial charge in [0.15, 0.2) is 5.96 Å². The van der Waals surface area contributed by atoms with Crippen LogP contribution in [-0.4, -0.2) is 60.6 Å². The number of halogens is 1. The molecule has 2 heterocycles. The van der Waals surface area contributed by atoms with Crippen molar-refractivity contribution in [2.45, 2.75) is 26.2 Å². The first-order valence-electron chi connectivity index (χ1n) is 7.82. The second-order valence-corrected chi connectivity index (χ2v) is 5.20. The fourth-order valence-corrected chi connectivity index (χ4v) is 2.48. The minimum Gasteiger partial charge on any atom is -0.356 e. The molecule has 0 aromatic carbocycles. The Hall–Kier alpha value is -1.12. The van der Waals surface area contributed by atoms with E-state index in [4.69, 9.17) is 0 Å². The van der Waals surface area contributed by atoms with Crippen LogP contribution in [0.5, 0.6) is 0 Å². The molecule has 0 atom stereocenters. The van der Waals surface area contributed by atoms with Crippen molar-refractivity contribution < 1.29 is 0 Å². The minimum atomic E-state index is 0. The van der Waals surface area contributed by atoms with E-state index in [-0.39, 0.29) is 24.0 Å². The van der Waals surface area contributed by atoms with Crippen molar-refractivity contribution in [2.24, 2.45) is 4.99 Å². The first kappa shape index (κ1) is 18.9. The van der Waals surface area contributed by atoms with Crippen molar-refractivity contribution in [1.29, 1.82) is 0 Å². The number of guanidine groups is 1. The van der Waals surface area contributed by atoms with Gasteiger partial charge in [-0.15, -0.1) is 24.0 Å². The van der Waals surface area contributed by atoms with Crippen LogP contribution < -0.4 is 10.2 Å². The number of piperazine rings is 1. The molecule has 1 aliphatic heterocycles. The summed E-state index contributed by atoms with van der Waals surface area (Å²) in [6, 6.07) is 1.85. The van der Waals surface area contributed by atoms with Crippen LogP contribution in [0, 0.1) is 0 Å². The van der Waals surface area contributed by atoms with Crippen molar-refractivity contribution in [1.82, 2.24) is 20.2 Å². The zero-order valence-electron chi connectivity index (χ0n) is 13.5. The smallest absolute Gasteiger partial charge is 0.225 e. The summed E-state index contributed by atoms with van der Waals surface area (Å²) < 4.78 is 0. The summed E-state index contributed by atoms with van der Waals surface area (Å²) in [6.07, 6.45) is 7.30. The van der Waals surface area contributed by atoms with Crippen LogP contribution in [0.3, 0.4) is 0 Å². The van der Waals surface area contributed by atoms with Gasteiger partial charge in [0.1, 0.15) is 0 Å². The van der Waals surface area contributed by atoms with Gasteiger partial charge in [-0.25, -0.2) is 9.97 Å². The van der Waals surface area contributed by atoms with E-state index in [2.05, 4.69) is 37.0 Å². The van der Waals surface area contributed by atoms with Crippen molar-refractivity contribution >= 4 is 35.9 Å². The third-order valence-corrected chi connectivity index (χ3v) is 3.69. The predicted molar refractivity (Wildman–Crippen MR) is 102 cm³/mol. The third-order valence-electron chi connectivity index (χ3n) is 3.69. The summed E-state index contributed by atoms with van der Waals surface area (Å²) in [5.41, 5.74) is 0. The number of unbranched alkanes of at least 4 members (excludes halogenated alkanes) is 2. The second kappa shape index (κ2) is 10.6. The summed E-state index contributed by atoms with van der Waals surface area (Å²) >= 11 is 0. The van der Waals surface area contributed by atoms with Gasteiger partial charge in [-0.3, -0.25) is 4.99 Å². The lowest BCUT2D eigenvalue weighted by Crippen LogP contribution is -2.53. The maximum Gasteiger partial charge on any atom is 0.225 e. The molecule has 1 N–H and O–H groups in total. The lowest BCUT2D eigenvalue weighted by Gasteiger charge is -2.36. The van der Waals surface area contributed by atoms with Crippen LogP contribution in [0.2, 0.25) is 0 Å². The van der Waals surface area contributed by atoms with Gasteiger partial charge in [-0.05, 0) is 12.5 Å². The Labute approximate surface area is 150 Å². The summed E-state index contributed by atoms with van der Waals surface area (Å²) in [5, 5.41) is 3.45. The van der Waals surface area contributed by atoms with Gasteiger partial charge in [0.25, 0.3) is 0 Å². The summed E-state index contributed by atoms with van der Waals surface area (Å²) in [4.78, 5) is 17.5. The normalized spacial score (nSPS) is 15.5. The molecule has 1 fully saturated rings. The monoisotopic (exact) mass is 418 g/mol. The Morgan fingerprint density at radius 3 is 2.45 bits per heavy atom. The molecule has 0 radical (unpaired) electrons. The first-order valence-corrected chi connectivity index (χ1v) is 7.82. The van der Waals surface area contributed by atoms with E-state index in [9.17, 15) is 0 Å². The van der Waals surface area contributed by atoms with Crippen molar-refractivity contribution in [3.8, 4) is 0 Å². The molecule has 1 aromatic heterocycles. The minimum absolute atomic E-state index is 0. The molecule has 1 aromatic rings. The number of aromatic nitrogens is 2. The molecule has 0 amide bonds. The Bertz CT molecular complexity index is 431.